The fourth-order valence-electron chi connectivity index (χ4n) is 3.41. The van der Waals surface area contributed by atoms with E-state index in [1.807, 2.05) is 7.05 Å². The van der Waals surface area contributed by atoms with Gasteiger partial charge in [0.05, 0.1) is 11.2 Å². The number of halogens is 1. The number of nitrogens with zero attached hydrogens (tertiary/aromatic N) is 8. The molecule has 35 heavy (non-hydrogen) atoms. The second kappa shape index (κ2) is 10.9. The lowest BCUT2D eigenvalue weighted by molar-refractivity contribution is 0.0476. The van der Waals surface area contributed by atoms with Gasteiger partial charge in [0.1, 0.15) is 17.2 Å². The summed E-state index contributed by atoms with van der Waals surface area (Å²) in [5.74, 6) is -0.121. The summed E-state index contributed by atoms with van der Waals surface area (Å²) in [6, 6.07) is 3.20. The van der Waals surface area contributed by atoms with Crippen LogP contribution in [0.15, 0.2) is 49.3 Å². The van der Waals surface area contributed by atoms with Gasteiger partial charge in [-0.05, 0) is 19.2 Å². The predicted molar refractivity (Wildman–Crippen MR) is 124 cm³/mol. The largest absolute Gasteiger partial charge is 0.419 e. The van der Waals surface area contributed by atoms with Crippen LogP contribution in [-0.2, 0) is 4.74 Å². The normalized spacial score (nSPS) is 17.3. The van der Waals surface area contributed by atoms with Gasteiger partial charge < -0.3 is 14.5 Å². The molecule has 0 N–H and O–H groups in total. The number of fused-ring (bicyclic) bond motifs is 1. The molecule has 3 aromatic heterocycles. The molecule has 0 saturated carbocycles. The molecule has 0 aliphatic carbocycles. The van der Waals surface area contributed by atoms with Crippen LogP contribution >= 0.6 is 11.6 Å². The van der Waals surface area contributed by atoms with Gasteiger partial charge >= 0.3 is 6.09 Å². The summed E-state index contributed by atoms with van der Waals surface area (Å²) in [5.41, 5.74) is 0.805. The Labute approximate surface area is 205 Å². The number of pyridine rings is 1. The third kappa shape index (κ3) is 5.55. The molecule has 13 heteroatoms. The molecule has 0 bridgehead atoms. The van der Waals surface area contributed by atoms with E-state index >= 15 is 0 Å². The van der Waals surface area contributed by atoms with Crippen LogP contribution in [0.4, 0.5) is 10.6 Å². The Morgan fingerprint density at radius 1 is 1.03 bits per heavy atom. The molecule has 1 saturated heterocycles. The van der Waals surface area contributed by atoms with Crippen LogP contribution in [0.3, 0.4) is 0 Å². The Morgan fingerprint density at radius 3 is 2.40 bits per heavy atom. The van der Waals surface area contributed by atoms with Crippen LogP contribution in [0.1, 0.15) is 32.9 Å². The molecule has 2 aliphatic rings. The van der Waals surface area contributed by atoms with E-state index in [4.69, 9.17) is 16.3 Å². The first kappa shape index (κ1) is 24.1. The number of ether oxygens (including phenoxy) is 1. The molecule has 0 radical (unpaired) electrons. The molecule has 5 heterocycles. The number of hydrogen-bond acceptors (Lipinski definition) is 10. The molecule has 12 nitrogen and oxygen atoms in total. The van der Waals surface area contributed by atoms with Gasteiger partial charge in [0.15, 0.2) is 12.0 Å². The van der Waals surface area contributed by atoms with E-state index in [1.54, 1.807) is 17.0 Å². The maximum Gasteiger partial charge on any atom is 0.412 e. The topological polar surface area (TPSA) is 135 Å². The first-order chi connectivity index (χ1) is 17.0. The predicted octanol–water partition coefficient (Wildman–Crippen LogP) is 1.86. The van der Waals surface area contributed by atoms with E-state index < -0.39 is 18.2 Å². The van der Waals surface area contributed by atoms with Crippen molar-refractivity contribution in [2.75, 3.05) is 38.1 Å². The highest BCUT2D eigenvalue weighted by Crippen LogP contribution is 2.35. The Hall–Kier alpha value is -4.03. The third-order valence-corrected chi connectivity index (χ3v) is 5.48. The molecule has 2 aliphatic heterocycles. The fourth-order valence-corrected chi connectivity index (χ4v) is 3.52. The number of piperazine rings is 1. The Bertz CT molecular complexity index is 1190. The number of aldehydes is 1. The summed E-state index contributed by atoms with van der Waals surface area (Å²) >= 11 is 5.89. The Kier molecular flexibility index (Phi) is 7.53. The molecule has 1 atom stereocenters. The van der Waals surface area contributed by atoms with Crippen molar-refractivity contribution in [1.82, 2.24) is 34.7 Å². The second-order valence-electron chi connectivity index (χ2n) is 7.57. The molecule has 3 aromatic rings. The molecular formula is C22H21ClN8O4. The maximum absolute atomic E-state index is 12.8. The van der Waals surface area contributed by atoms with Gasteiger partial charge in [-0.25, -0.2) is 19.7 Å². The van der Waals surface area contributed by atoms with E-state index in [1.165, 1.54) is 42.1 Å². The van der Waals surface area contributed by atoms with E-state index in [9.17, 15) is 14.4 Å². The number of anilines is 1. The van der Waals surface area contributed by atoms with Gasteiger partial charge in [-0.15, -0.1) is 0 Å². The third-order valence-electron chi connectivity index (χ3n) is 5.25. The number of aromatic nitrogens is 5. The van der Waals surface area contributed by atoms with Crippen molar-refractivity contribution in [2.45, 2.75) is 6.23 Å². The average Bonchev–Trinajstić information content (AvgIpc) is 3.17. The lowest BCUT2D eigenvalue weighted by Crippen LogP contribution is -2.48. The first-order valence-electron chi connectivity index (χ1n) is 10.6. The molecule has 1 fully saturated rings. The molecule has 0 aromatic carbocycles. The van der Waals surface area contributed by atoms with E-state index in [-0.39, 0.29) is 5.69 Å². The highest BCUT2D eigenvalue weighted by Gasteiger charge is 2.44. The minimum Gasteiger partial charge on any atom is -0.419 e. The zero-order chi connectivity index (χ0) is 24.8. The summed E-state index contributed by atoms with van der Waals surface area (Å²) in [6.45, 7) is 2.64. The summed E-state index contributed by atoms with van der Waals surface area (Å²) in [6.07, 6.45) is 7.85. The standard InChI is InChI=1S/C17H17ClN6O3.C5H4N2O/c1-22-6-8-23(9-7-22)17(26)27-16-14-13(19-4-5-20-14)15(25)24(16)12-3-2-11(18)10-21-12;8-4-5-3-6-1-2-7-5/h2-5,10,16H,6-9H2,1H3;1-4H. The van der Waals surface area contributed by atoms with Crippen molar-refractivity contribution >= 4 is 35.7 Å². The zero-order valence-corrected chi connectivity index (χ0v) is 19.4. The Balaban J connectivity index is 0.000000308. The molecule has 1 unspecified atom stereocenters. The lowest BCUT2D eigenvalue weighted by atomic mass is 10.3. The van der Waals surface area contributed by atoms with Crippen molar-refractivity contribution < 1.29 is 19.1 Å². The minimum absolute atomic E-state index is 0.144. The van der Waals surface area contributed by atoms with Crippen molar-refractivity contribution in [2.24, 2.45) is 0 Å². The summed E-state index contributed by atoms with van der Waals surface area (Å²) in [4.78, 5) is 60.2. The van der Waals surface area contributed by atoms with Gasteiger partial charge in [0.2, 0.25) is 6.23 Å². The SMILES string of the molecule is CN1CCN(C(=O)OC2c3nccnc3C(=O)N2c2ccc(Cl)cn2)CC1.O=Cc1cnccn1. The number of rotatable bonds is 3. The first-order valence-corrected chi connectivity index (χ1v) is 11.0. The van der Waals surface area contributed by atoms with Crippen molar-refractivity contribution in [3.05, 3.63) is 71.4 Å². The van der Waals surface area contributed by atoms with Gasteiger partial charge in [-0.1, -0.05) is 11.6 Å². The average molecular weight is 497 g/mol. The number of carbonyl (C=O) groups is 3. The maximum atomic E-state index is 12.8. The molecular weight excluding hydrogens is 476 g/mol. The zero-order valence-electron chi connectivity index (χ0n) is 18.7. The molecule has 0 spiro atoms. The van der Waals surface area contributed by atoms with Crippen LogP contribution in [0.25, 0.3) is 0 Å². The Morgan fingerprint density at radius 2 is 1.77 bits per heavy atom. The summed E-state index contributed by atoms with van der Waals surface area (Å²) in [5, 5.41) is 0.435. The van der Waals surface area contributed by atoms with E-state index in [0.29, 0.717) is 41.6 Å². The highest BCUT2D eigenvalue weighted by molar-refractivity contribution is 6.30. The van der Waals surface area contributed by atoms with Crippen LogP contribution in [-0.4, -0.2) is 86.2 Å². The van der Waals surface area contributed by atoms with Gasteiger partial charge in [0.25, 0.3) is 5.91 Å². The van der Waals surface area contributed by atoms with E-state index in [0.717, 1.165) is 13.1 Å². The van der Waals surface area contributed by atoms with Gasteiger partial charge in [-0.3, -0.25) is 24.5 Å². The number of likely N-dealkylation sites (N-methyl/N-ethyl adjacent to an activating group) is 1. The monoisotopic (exact) mass is 496 g/mol. The molecule has 2 amide bonds. The number of carbonyl (C=O) groups excluding carboxylic acids is 3. The summed E-state index contributed by atoms with van der Waals surface area (Å²) < 4.78 is 5.68. The van der Waals surface area contributed by atoms with Crippen LogP contribution in [0, 0.1) is 0 Å². The van der Waals surface area contributed by atoms with E-state index in [2.05, 4.69) is 29.8 Å². The van der Waals surface area contributed by atoms with Crippen molar-refractivity contribution in [3.8, 4) is 0 Å². The number of hydrogen-bond donors (Lipinski definition) is 0. The van der Waals surface area contributed by atoms with Crippen LogP contribution < -0.4 is 4.90 Å². The van der Waals surface area contributed by atoms with Crippen LogP contribution in [0.2, 0.25) is 5.02 Å². The fraction of sp³-hybridized carbons (Fsp3) is 0.273. The second-order valence-corrected chi connectivity index (χ2v) is 8.01. The van der Waals surface area contributed by atoms with Gasteiger partial charge in [0, 0.05) is 57.2 Å². The van der Waals surface area contributed by atoms with Crippen molar-refractivity contribution in [3.63, 3.8) is 0 Å². The number of amides is 2. The highest BCUT2D eigenvalue weighted by atomic mass is 35.5. The molecule has 5 rings (SSSR count). The van der Waals surface area contributed by atoms with Gasteiger partial charge in [-0.2, -0.15) is 0 Å². The minimum atomic E-state index is -1.03. The molecule has 180 valence electrons. The smallest absolute Gasteiger partial charge is 0.412 e. The van der Waals surface area contributed by atoms with Crippen molar-refractivity contribution in [1.29, 1.82) is 0 Å². The van der Waals surface area contributed by atoms with Crippen LogP contribution in [0.5, 0.6) is 0 Å². The summed E-state index contributed by atoms with van der Waals surface area (Å²) in [7, 11) is 2.00. The quantitative estimate of drug-likeness (QED) is 0.494. The lowest BCUT2D eigenvalue weighted by Gasteiger charge is -2.33.